The van der Waals surface area contributed by atoms with Crippen LogP contribution in [0.15, 0.2) is 0 Å². The van der Waals surface area contributed by atoms with Gasteiger partial charge in [-0.15, -0.1) is 0 Å². The van der Waals surface area contributed by atoms with Crippen molar-refractivity contribution >= 4 is 6.09 Å². The fourth-order valence-electron chi connectivity index (χ4n) is 5.65. The van der Waals surface area contributed by atoms with Gasteiger partial charge in [0.1, 0.15) is 5.60 Å². The Labute approximate surface area is 183 Å². The Bertz CT molecular complexity index is 542. The second-order valence-corrected chi connectivity index (χ2v) is 10.6. The van der Waals surface area contributed by atoms with Crippen LogP contribution in [0.4, 0.5) is 4.79 Å². The lowest BCUT2D eigenvalue weighted by Gasteiger charge is -2.42. The molecule has 2 aliphatic carbocycles. The van der Waals surface area contributed by atoms with Gasteiger partial charge in [-0.05, 0) is 71.1 Å². The minimum absolute atomic E-state index is 0.108. The molecule has 0 aromatic rings. The van der Waals surface area contributed by atoms with Gasteiger partial charge >= 0.3 is 6.09 Å². The Morgan fingerprint density at radius 1 is 1.20 bits per heavy atom. The average Bonchev–Trinajstić information content (AvgIpc) is 3.35. The van der Waals surface area contributed by atoms with Gasteiger partial charge in [-0.25, -0.2) is 4.79 Å². The third-order valence-electron chi connectivity index (χ3n) is 7.24. The molecule has 2 saturated carbocycles. The summed E-state index contributed by atoms with van der Waals surface area (Å²) in [5, 5.41) is 3.96. The first-order valence-corrected chi connectivity index (χ1v) is 12.2. The van der Waals surface area contributed by atoms with E-state index < -0.39 is 5.60 Å². The molecule has 3 fully saturated rings. The molecule has 1 amide bonds. The number of carbonyl (C=O) groups is 1. The Morgan fingerprint density at radius 2 is 1.97 bits per heavy atom. The molecule has 1 heterocycles. The third kappa shape index (κ3) is 6.33. The first-order chi connectivity index (χ1) is 14.3. The highest BCUT2D eigenvalue weighted by Gasteiger charge is 2.42. The van der Waals surface area contributed by atoms with Crippen molar-refractivity contribution in [1.29, 1.82) is 0 Å². The number of hydrogen-bond donors (Lipinski definition) is 1. The van der Waals surface area contributed by atoms with Gasteiger partial charge in [0.25, 0.3) is 0 Å². The van der Waals surface area contributed by atoms with E-state index in [0.717, 1.165) is 32.6 Å². The highest BCUT2D eigenvalue weighted by atomic mass is 16.6. The van der Waals surface area contributed by atoms with Crippen molar-refractivity contribution in [3.63, 3.8) is 0 Å². The molecular formula is C24H44N2O4. The Morgan fingerprint density at radius 3 is 2.67 bits per heavy atom. The highest BCUT2D eigenvalue weighted by Crippen LogP contribution is 2.41. The summed E-state index contributed by atoms with van der Waals surface area (Å²) in [7, 11) is 0. The van der Waals surface area contributed by atoms with E-state index in [1.165, 1.54) is 38.5 Å². The summed E-state index contributed by atoms with van der Waals surface area (Å²) in [6.45, 7) is 12.5. The van der Waals surface area contributed by atoms with Crippen LogP contribution in [0.2, 0.25) is 0 Å². The molecule has 1 aliphatic heterocycles. The van der Waals surface area contributed by atoms with Crippen LogP contribution in [-0.2, 0) is 14.2 Å². The highest BCUT2D eigenvalue weighted by molar-refractivity contribution is 5.68. The molecule has 0 radical (unpaired) electrons. The van der Waals surface area contributed by atoms with E-state index in [9.17, 15) is 4.79 Å². The van der Waals surface area contributed by atoms with E-state index in [4.69, 9.17) is 14.2 Å². The zero-order chi connectivity index (χ0) is 21.6. The number of ether oxygens (including phenoxy) is 3. The van der Waals surface area contributed by atoms with Gasteiger partial charge in [0.05, 0.1) is 19.3 Å². The van der Waals surface area contributed by atoms with Gasteiger partial charge < -0.3 is 24.4 Å². The van der Waals surface area contributed by atoms with Crippen molar-refractivity contribution in [3.05, 3.63) is 0 Å². The SMILES string of the molecule is CCOCCC1(CN[C@@H]2CCC[C@@H]2[C@@H]2COCCN2C(=O)OC(C)(C)C)CCCC1. The van der Waals surface area contributed by atoms with Crippen LogP contribution in [0, 0.1) is 11.3 Å². The third-order valence-corrected chi connectivity index (χ3v) is 7.24. The van der Waals surface area contributed by atoms with Gasteiger partial charge in [0.2, 0.25) is 0 Å². The minimum atomic E-state index is -0.470. The average molecular weight is 425 g/mol. The summed E-state index contributed by atoms with van der Waals surface area (Å²) in [5.74, 6) is 0.433. The first-order valence-electron chi connectivity index (χ1n) is 12.2. The topological polar surface area (TPSA) is 60.0 Å². The van der Waals surface area contributed by atoms with E-state index in [0.29, 0.717) is 37.1 Å². The number of nitrogens with one attached hydrogen (secondary N) is 1. The van der Waals surface area contributed by atoms with Crippen LogP contribution in [0.25, 0.3) is 0 Å². The quantitative estimate of drug-likeness (QED) is 0.587. The fraction of sp³-hybridized carbons (Fsp3) is 0.958. The molecule has 3 aliphatic rings. The maximum atomic E-state index is 12.9. The molecule has 0 bridgehead atoms. The van der Waals surface area contributed by atoms with E-state index in [1.54, 1.807) is 0 Å². The molecule has 3 atom stereocenters. The van der Waals surface area contributed by atoms with Crippen LogP contribution in [0.1, 0.15) is 79.1 Å². The Kier molecular flexibility index (Phi) is 8.45. The molecule has 174 valence electrons. The number of nitrogens with zero attached hydrogens (tertiary/aromatic N) is 1. The fourth-order valence-corrected chi connectivity index (χ4v) is 5.65. The number of rotatable bonds is 8. The normalized spacial score (nSPS) is 29.3. The molecule has 30 heavy (non-hydrogen) atoms. The smallest absolute Gasteiger partial charge is 0.410 e. The summed E-state index contributed by atoms with van der Waals surface area (Å²) >= 11 is 0. The molecule has 1 N–H and O–H groups in total. The van der Waals surface area contributed by atoms with E-state index in [1.807, 2.05) is 25.7 Å². The zero-order valence-corrected chi connectivity index (χ0v) is 19.7. The molecular weight excluding hydrogens is 380 g/mol. The van der Waals surface area contributed by atoms with Crippen molar-refractivity contribution < 1.29 is 19.0 Å². The molecule has 0 unspecified atom stereocenters. The molecule has 0 aromatic heterocycles. The lowest BCUT2D eigenvalue weighted by molar-refractivity contribution is -0.0491. The number of hydrogen-bond acceptors (Lipinski definition) is 5. The molecule has 6 heteroatoms. The number of carbonyl (C=O) groups excluding carboxylic acids is 1. The molecule has 0 spiro atoms. The lowest BCUT2D eigenvalue weighted by atomic mass is 9.82. The maximum absolute atomic E-state index is 12.9. The monoisotopic (exact) mass is 424 g/mol. The van der Waals surface area contributed by atoms with Crippen LogP contribution in [-0.4, -0.2) is 68.2 Å². The van der Waals surface area contributed by atoms with Gasteiger partial charge in [-0.3, -0.25) is 0 Å². The number of amides is 1. The van der Waals surface area contributed by atoms with Crippen LogP contribution >= 0.6 is 0 Å². The summed E-state index contributed by atoms with van der Waals surface area (Å²) < 4.78 is 17.2. The van der Waals surface area contributed by atoms with Crippen molar-refractivity contribution in [2.45, 2.75) is 96.7 Å². The number of morpholine rings is 1. The standard InChI is InChI=1S/C24H44N2O4/c1-5-28-15-13-24(11-6-7-12-24)18-25-20-10-8-9-19(20)21-17-29-16-14-26(21)22(27)30-23(2,3)4/h19-21,25H,5-18H2,1-4H3/t19-,20+,21-/m0/s1. The molecule has 6 nitrogen and oxygen atoms in total. The van der Waals surface area contributed by atoms with E-state index >= 15 is 0 Å². The van der Waals surface area contributed by atoms with Crippen LogP contribution in [0.3, 0.4) is 0 Å². The zero-order valence-electron chi connectivity index (χ0n) is 19.7. The van der Waals surface area contributed by atoms with Crippen LogP contribution < -0.4 is 5.32 Å². The molecule has 1 saturated heterocycles. The van der Waals surface area contributed by atoms with Crippen molar-refractivity contribution in [2.75, 3.05) is 39.5 Å². The molecule has 0 aromatic carbocycles. The predicted octanol–water partition coefficient (Wildman–Crippen LogP) is 4.37. The van der Waals surface area contributed by atoms with Crippen molar-refractivity contribution in [1.82, 2.24) is 10.2 Å². The van der Waals surface area contributed by atoms with Gasteiger partial charge in [0, 0.05) is 32.3 Å². The van der Waals surface area contributed by atoms with Crippen molar-refractivity contribution in [3.8, 4) is 0 Å². The van der Waals surface area contributed by atoms with Gasteiger partial charge in [-0.2, -0.15) is 0 Å². The van der Waals surface area contributed by atoms with Crippen molar-refractivity contribution in [2.24, 2.45) is 11.3 Å². The second-order valence-electron chi connectivity index (χ2n) is 10.6. The van der Waals surface area contributed by atoms with Crippen LogP contribution in [0.5, 0.6) is 0 Å². The lowest BCUT2D eigenvalue weighted by Crippen LogP contribution is -2.56. The second kappa shape index (κ2) is 10.6. The summed E-state index contributed by atoms with van der Waals surface area (Å²) in [5.41, 5.74) is -0.0844. The first kappa shape index (κ1) is 23.8. The summed E-state index contributed by atoms with van der Waals surface area (Å²) in [4.78, 5) is 14.8. The van der Waals surface area contributed by atoms with Gasteiger partial charge in [-0.1, -0.05) is 19.3 Å². The summed E-state index contributed by atoms with van der Waals surface area (Å²) in [6, 6.07) is 0.558. The largest absolute Gasteiger partial charge is 0.444 e. The van der Waals surface area contributed by atoms with E-state index in [2.05, 4.69) is 12.2 Å². The predicted molar refractivity (Wildman–Crippen MR) is 119 cm³/mol. The Balaban J connectivity index is 1.61. The maximum Gasteiger partial charge on any atom is 0.410 e. The molecule has 3 rings (SSSR count). The van der Waals surface area contributed by atoms with Gasteiger partial charge in [0.15, 0.2) is 0 Å². The summed E-state index contributed by atoms with van der Waals surface area (Å²) in [6.07, 6.45) is 9.80. The Hall–Kier alpha value is -0.850. The minimum Gasteiger partial charge on any atom is -0.444 e. The van der Waals surface area contributed by atoms with E-state index in [-0.39, 0.29) is 12.1 Å².